The molecule has 5 rings (SSSR count). The molecule has 3 heterocycles. The second-order valence-corrected chi connectivity index (χ2v) is 10.8. The molecule has 0 amide bonds. The van der Waals surface area contributed by atoms with Gasteiger partial charge in [-0.2, -0.15) is 0 Å². The highest BCUT2D eigenvalue weighted by Crippen LogP contribution is 2.46. The van der Waals surface area contributed by atoms with Crippen LogP contribution in [0.15, 0.2) is 24.4 Å². The minimum absolute atomic E-state index is 0.00644. The Kier molecular flexibility index (Phi) is 4.61. The summed E-state index contributed by atoms with van der Waals surface area (Å²) in [7, 11) is -2.22. The van der Waals surface area contributed by atoms with E-state index in [2.05, 4.69) is 15.5 Å². The third kappa shape index (κ3) is 2.96. The summed E-state index contributed by atoms with van der Waals surface area (Å²) in [5.74, 6) is -0.679. The van der Waals surface area contributed by atoms with Crippen LogP contribution in [-0.4, -0.2) is 40.5 Å². The van der Waals surface area contributed by atoms with Crippen LogP contribution in [0, 0.1) is 25.5 Å². The van der Waals surface area contributed by atoms with Gasteiger partial charge >= 0.3 is 0 Å². The second-order valence-electron chi connectivity index (χ2n) is 8.99. The van der Waals surface area contributed by atoms with Gasteiger partial charge < -0.3 is 10.1 Å². The molecule has 8 nitrogen and oxygen atoms in total. The number of benzene rings is 2. The number of methoxy groups -OCH3 is 1. The minimum atomic E-state index is -3.64. The molecule has 178 valence electrons. The first-order valence-electron chi connectivity index (χ1n) is 10.5. The van der Waals surface area contributed by atoms with Crippen LogP contribution >= 0.6 is 0 Å². The molecule has 0 unspecified atom stereocenters. The van der Waals surface area contributed by atoms with E-state index < -0.39 is 27.2 Å². The van der Waals surface area contributed by atoms with Gasteiger partial charge in [-0.3, -0.25) is 4.57 Å². The molecule has 2 aromatic heterocycles. The van der Waals surface area contributed by atoms with Crippen molar-refractivity contribution in [3.63, 3.8) is 0 Å². The van der Waals surface area contributed by atoms with Crippen molar-refractivity contribution < 1.29 is 21.9 Å². The summed E-state index contributed by atoms with van der Waals surface area (Å²) in [6.07, 6.45) is 2.46. The summed E-state index contributed by atoms with van der Waals surface area (Å²) in [5, 5.41) is 11.9. The van der Waals surface area contributed by atoms with Crippen LogP contribution in [0.3, 0.4) is 0 Å². The van der Waals surface area contributed by atoms with E-state index in [4.69, 9.17) is 4.74 Å². The molecule has 2 aromatic carbocycles. The smallest absolute Gasteiger partial charge is 0.236 e. The highest BCUT2D eigenvalue weighted by atomic mass is 32.2. The van der Waals surface area contributed by atoms with Crippen LogP contribution in [0.25, 0.3) is 27.7 Å². The molecule has 0 fully saturated rings. The maximum absolute atomic E-state index is 15.8. The minimum Gasteiger partial charge on any atom is -0.497 e. The molecule has 0 saturated heterocycles. The van der Waals surface area contributed by atoms with Crippen molar-refractivity contribution >= 4 is 26.6 Å². The molecule has 0 spiro atoms. The molecule has 34 heavy (non-hydrogen) atoms. The Balaban J connectivity index is 1.92. The predicted octanol–water partition coefficient (Wildman–Crippen LogP) is 4.26. The molecule has 0 aliphatic carbocycles. The SMILES string of the molecule is COc1cc(-c2c(C)c3c(c(F)c2F)NC(C)(C)c2nnc(C)n2-3)c2ccn(S(C)(=O)=O)c2c1. The van der Waals surface area contributed by atoms with Crippen molar-refractivity contribution in [3.8, 4) is 22.6 Å². The van der Waals surface area contributed by atoms with Crippen molar-refractivity contribution in [2.45, 2.75) is 33.2 Å². The predicted molar refractivity (Wildman–Crippen MR) is 125 cm³/mol. The van der Waals surface area contributed by atoms with Gasteiger partial charge in [0.1, 0.15) is 11.6 Å². The fourth-order valence-electron chi connectivity index (χ4n) is 4.72. The van der Waals surface area contributed by atoms with Gasteiger partial charge in [0.15, 0.2) is 17.5 Å². The zero-order valence-electron chi connectivity index (χ0n) is 19.5. The van der Waals surface area contributed by atoms with Crippen LogP contribution in [0.2, 0.25) is 0 Å². The lowest BCUT2D eigenvalue weighted by Gasteiger charge is -2.35. The lowest BCUT2D eigenvalue weighted by atomic mass is 9.91. The number of anilines is 1. The molecular weight excluding hydrogens is 464 g/mol. The summed E-state index contributed by atoms with van der Waals surface area (Å²) in [5.41, 5.74) is 0.705. The Morgan fingerprint density at radius 2 is 1.82 bits per heavy atom. The van der Waals surface area contributed by atoms with E-state index in [0.717, 1.165) is 10.2 Å². The van der Waals surface area contributed by atoms with Crippen molar-refractivity contribution in [1.82, 2.24) is 18.7 Å². The summed E-state index contributed by atoms with van der Waals surface area (Å²) < 4.78 is 64.2. The first kappa shape index (κ1) is 22.3. The number of hydrogen-bond donors (Lipinski definition) is 1. The average molecular weight is 488 g/mol. The third-order valence-corrected chi connectivity index (χ3v) is 7.28. The number of aryl methyl sites for hydroxylation is 1. The van der Waals surface area contributed by atoms with Gasteiger partial charge in [-0.15, -0.1) is 10.2 Å². The van der Waals surface area contributed by atoms with Crippen molar-refractivity contribution in [1.29, 1.82) is 0 Å². The molecule has 0 bridgehead atoms. The van der Waals surface area contributed by atoms with Gasteiger partial charge in [0.2, 0.25) is 10.0 Å². The van der Waals surface area contributed by atoms with Gasteiger partial charge in [-0.05, 0) is 51.0 Å². The monoisotopic (exact) mass is 487 g/mol. The van der Waals surface area contributed by atoms with E-state index in [1.807, 2.05) is 13.8 Å². The van der Waals surface area contributed by atoms with Gasteiger partial charge in [0, 0.05) is 23.2 Å². The summed E-state index contributed by atoms with van der Waals surface area (Å²) in [6, 6.07) is 4.69. The Bertz CT molecular complexity index is 1620. The van der Waals surface area contributed by atoms with E-state index in [9.17, 15) is 8.42 Å². The third-order valence-electron chi connectivity index (χ3n) is 6.25. The molecule has 0 atom stereocenters. The first-order valence-corrected chi connectivity index (χ1v) is 12.3. The van der Waals surface area contributed by atoms with Crippen molar-refractivity contribution in [3.05, 3.63) is 53.2 Å². The van der Waals surface area contributed by atoms with E-state index in [-0.39, 0.29) is 11.3 Å². The molecular formula is C23H23F2N5O3S. The Hall–Kier alpha value is -3.47. The van der Waals surface area contributed by atoms with Crippen LogP contribution in [0.4, 0.5) is 14.5 Å². The van der Waals surface area contributed by atoms with Crippen LogP contribution in [0.1, 0.15) is 31.1 Å². The first-order chi connectivity index (χ1) is 15.9. The number of ether oxygens (including phenoxy) is 1. The molecule has 1 N–H and O–H groups in total. The maximum Gasteiger partial charge on any atom is 0.236 e. The standard InChI is InChI=1S/C23H23F2N5O3S/c1-11-17(15-9-13(33-5)10-16-14(15)7-8-29(16)34(6,31)32)18(24)19(25)20-21(11)30-12(2)27-28-22(30)23(3,4)26-20/h7-10,26H,1-6H3. The molecule has 11 heteroatoms. The number of rotatable bonds is 3. The van der Waals surface area contributed by atoms with E-state index in [1.54, 1.807) is 36.6 Å². The average Bonchev–Trinajstić information content (AvgIpc) is 3.36. The van der Waals surface area contributed by atoms with Gasteiger partial charge in [0.05, 0.1) is 35.8 Å². The molecule has 1 aliphatic rings. The van der Waals surface area contributed by atoms with Crippen molar-refractivity contribution in [2.75, 3.05) is 18.7 Å². The van der Waals surface area contributed by atoms with E-state index in [1.165, 1.54) is 13.3 Å². The Labute approximate surface area is 195 Å². The van der Waals surface area contributed by atoms with E-state index in [0.29, 0.717) is 45.1 Å². The number of nitrogens with zero attached hydrogens (tertiary/aromatic N) is 4. The summed E-state index contributed by atoms with van der Waals surface area (Å²) in [4.78, 5) is 0. The largest absolute Gasteiger partial charge is 0.497 e. The molecule has 4 aromatic rings. The lowest BCUT2D eigenvalue weighted by Crippen LogP contribution is -2.37. The number of nitrogens with one attached hydrogen (secondary N) is 1. The zero-order valence-corrected chi connectivity index (χ0v) is 20.3. The normalized spacial score (nSPS) is 14.6. The lowest BCUT2D eigenvalue weighted by molar-refractivity contribution is 0.415. The highest BCUT2D eigenvalue weighted by molar-refractivity contribution is 7.89. The summed E-state index contributed by atoms with van der Waals surface area (Å²) >= 11 is 0. The van der Waals surface area contributed by atoms with Crippen LogP contribution < -0.4 is 10.1 Å². The second kappa shape index (κ2) is 7.02. The fraction of sp³-hybridized carbons (Fsp3) is 0.304. The number of hydrogen-bond acceptors (Lipinski definition) is 6. The molecule has 1 aliphatic heterocycles. The zero-order chi connectivity index (χ0) is 24.7. The van der Waals surface area contributed by atoms with Crippen LogP contribution in [-0.2, 0) is 15.6 Å². The number of fused-ring (bicyclic) bond motifs is 4. The highest BCUT2D eigenvalue weighted by Gasteiger charge is 2.39. The molecule has 0 saturated carbocycles. The topological polar surface area (TPSA) is 91.0 Å². The van der Waals surface area contributed by atoms with Crippen LogP contribution in [0.5, 0.6) is 5.75 Å². The number of aromatic nitrogens is 4. The molecule has 0 radical (unpaired) electrons. The van der Waals surface area contributed by atoms with Gasteiger partial charge in [-0.1, -0.05) is 0 Å². The quantitative estimate of drug-likeness (QED) is 0.464. The Morgan fingerprint density at radius 1 is 1.12 bits per heavy atom. The van der Waals surface area contributed by atoms with Gasteiger partial charge in [-0.25, -0.2) is 21.2 Å². The van der Waals surface area contributed by atoms with E-state index >= 15 is 8.78 Å². The van der Waals surface area contributed by atoms with Gasteiger partial charge in [0.25, 0.3) is 0 Å². The fourth-order valence-corrected chi connectivity index (χ4v) is 5.51. The number of halogens is 2. The Morgan fingerprint density at radius 3 is 2.47 bits per heavy atom. The summed E-state index contributed by atoms with van der Waals surface area (Å²) in [6.45, 7) is 7.07. The van der Waals surface area contributed by atoms with Crippen molar-refractivity contribution in [2.24, 2.45) is 0 Å². The maximum atomic E-state index is 15.8.